The largest absolute Gasteiger partial charge is 4.00 e. The molecule has 2 aromatic rings. The molecule has 0 saturated carbocycles. The minimum Gasteiger partial charge on any atom is -1.00 e. The van der Waals surface area contributed by atoms with E-state index in [9.17, 15) is 10.2 Å². The minimum atomic E-state index is -0.110. The van der Waals surface area contributed by atoms with Crippen LogP contribution in [0, 0.1) is 0 Å². The van der Waals surface area contributed by atoms with Crippen LogP contribution in [0.3, 0.4) is 0 Å². The Morgan fingerprint density at radius 1 is 0.571 bits per heavy atom. The maximum absolute atomic E-state index is 10.1. The molecule has 0 amide bonds. The van der Waals surface area contributed by atoms with Gasteiger partial charge in [-0.2, -0.15) is 0 Å². The topological polar surface area (TPSA) is 116 Å². The molecule has 2 aromatic carbocycles. The molecular weight excluding hydrogens is 494 g/mol. The van der Waals surface area contributed by atoms with Crippen molar-refractivity contribution in [2.45, 2.75) is 13.2 Å². The van der Waals surface area contributed by atoms with E-state index in [1.165, 1.54) is 0 Å². The molecule has 122 valence electrons. The van der Waals surface area contributed by atoms with Crippen molar-refractivity contribution in [2.75, 3.05) is 0 Å². The molecule has 0 spiro atoms. The van der Waals surface area contributed by atoms with Crippen molar-refractivity contribution >= 4 is 0 Å². The van der Waals surface area contributed by atoms with Crippen molar-refractivity contribution < 1.29 is 56.1 Å². The molecule has 6 N–H and O–H groups in total. The summed E-state index contributed by atoms with van der Waals surface area (Å²) in [4.78, 5) is 0. The van der Waals surface area contributed by atoms with Gasteiger partial charge in [-0.1, -0.05) is 71.8 Å². The normalized spacial score (nSPS) is 6.95. The summed E-state index contributed by atoms with van der Waals surface area (Å²) in [6.45, 7) is -0.221. The molecule has 0 radical (unpaired) electrons. The van der Waals surface area contributed by atoms with Crippen LogP contribution in [0.15, 0.2) is 60.7 Å². The fourth-order valence-electron chi connectivity index (χ4n) is 1.15. The molecule has 4 nitrogen and oxygen atoms in total. The predicted octanol–water partition coefficient (Wildman–Crippen LogP) is -4.58. The molecule has 0 heterocycles. The van der Waals surface area contributed by atoms with Crippen molar-refractivity contribution in [3.05, 3.63) is 71.8 Å². The Hall–Kier alpha value is -0.452. The van der Waals surface area contributed by atoms with Crippen molar-refractivity contribution in [1.82, 2.24) is 12.3 Å². The molecule has 0 aliphatic carbocycles. The Bertz CT molecular complexity index is 355. The Morgan fingerprint density at radius 3 is 0.952 bits per heavy atom. The molecule has 7 heteroatoms. The van der Waals surface area contributed by atoms with Gasteiger partial charge in [0.2, 0.25) is 0 Å². The van der Waals surface area contributed by atoms with Gasteiger partial charge in [-0.3, -0.25) is 0 Å². The van der Waals surface area contributed by atoms with Crippen LogP contribution < -0.4 is 47.3 Å². The van der Waals surface area contributed by atoms with Crippen LogP contribution in [0.4, 0.5) is 0 Å². The SMILES string of the molecule is N.N.[Cl-].[Cl-].[O-]Cc1ccccc1.[O-]Cc1ccccc1.[Pt+4]. The smallest absolute Gasteiger partial charge is 1.00 e. The standard InChI is InChI=1S/2C7H7O.2ClH.2H3N.Pt/c2*8-6-7-4-2-1-3-5-7;;;;;/h2*1-5H,6H2;2*1H;2*1H3;/q2*-1;;;;;+4/p-2. The summed E-state index contributed by atoms with van der Waals surface area (Å²) in [5.74, 6) is 0. The first kappa shape index (κ1) is 32.5. The zero-order valence-electron chi connectivity index (χ0n) is 11.5. The molecule has 0 aliphatic rings. The summed E-state index contributed by atoms with van der Waals surface area (Å²) in [7, 11) is 0. The van der Waals surface area contributed by atoms with Gasteiger partial charge in [-0.15, -0.1) is 13.2 Å². The van der Waals surface area contributed by atoms with Crippen LogP contribution in [0.2, 0.25) is 0 Å². The second-order valence-corrected chi connectivity index (χ2v) is 3.26. The van der Waals surface area contributed by atoms with Gasteiger partial charge >= 0.3 is 21.1 Å². The predicted molar refractivity (Wildman–Crippen MR) is 70.3 cm³/mol. The van der Waals surface area contributed by atoms with Gasteiger partial charge in [-0.05, 0) is 0 Å². The van der Waals surface area contributed by atoms with Crippen LogP contribution in [-0.2, 0) is 34.3 Å². The van der Waals surface area contributed by atoms with Crippen LogP contribution in [-0.4, -0.2) is 0 Å². The minimum absolute atomic E-state index is 0. The molecule has 2 rings (SSSR count). The van der Waals surface area contributed by atoms with Crippen molar-refractivity contribution in [3.8, 4) is 0 Å². The number of benzene rings is 2. The summed E-state index contributed by atoms with van der Waals surface area (Å²) in [6, 6.07) is 18.6. The molecule has 21 heavy (non-hydrogen) atoms. The van der Waals surface area contributed by atoms with E-state index in [0.29, 0.717) is 0 Å². The number of rotatable bonds is 2. The van der Waals surface area contributed by atoms with E-state index in [0.717, 1.165) is 11.1 Å². The van der Waals surface area contributed by atoms with E-state index < -0.39 is 0 Å². The second kappa shape index (κ2) is 21.8. The number of halogens is 2. The first-order valence-electron chi connectivity index (χ1n) is 5.11. The molecule has 0 aliphatic heterocycles. The fraction of sp³-hybridized carbons (Fsp3) is 0.143. The zero-order valence-corrected chi connectivity index (χ0v) is 15.3. The summed E-state index contributed by atoms with van der Waals surface area (Å²) in [6.07, 6.45) is 0. The molecule has 0 atom stereocenters. The van der Waals surface area contributed by atoms with Gasteiger partial charge in [0.25, 0.3) is 0 Å². The van der Waals surface area contributed by atoms with Crippen LogP contribution in [0.25, 0.3) is 0 Å². The third-order valence-corrected chi connectivity index (χ3v) is 2.02. The van der Waals surface area contributed by atoms with E-state index in [1.807, 2.05) is 60.7 Å². The number of hydrogen-bond donors (Lipinski definition) is 2. The third-order valence-electron chi connectivity index (χ3n) is 2.02. The van der Waals surface area contributed by atoms with Crippen molar-refractivity contribution in [2.24, 2.45) is 0 Å². The zero-order chi connectivity index (χ0) is 11.6. The molecular formula is C14H20Cl2N2O2Pt. The fourth-order valence-corrected chi connectivity index (χ4v) is 1.15. The van der Waals surface area contributed by atoms with E-state index in [1.54, 1.807) is 0 Å². The van der Waals surface area contributed by atoms with E-state index in [-0.39, 0.29) is 71.4 Å². The summed E-state index contributed by atoms with van der Waals surface area (Å²) < 4.78 is 0. The van der Waals surface area contributed by atoms with Gasteiger partial charge in [0.05, 0.1) is 0 Å². The van der Waals surface area contributed by atoms with E-state index in [4.69, 9.17) is 0 Å². The maximum Gasteiger partial charge on any atom is 4.00 e. The van der Waals surface area contributed by atoms with Crippen molar-refractivity contribution in [3.63, 3.8) is 0 Å². The Morgan fingerprint density at radius 2 is 0.810 bits per heavy atom. The van der Waals surface area contributed by atoms with Gasteiger partial charge in [0.1, 0.15) is 0 Å². The Balaban J connectivity index is -0.0000000656. The molecule has 0 aromatic heterocycles. The number of hydrogen-bond acceptors (Lipinski definition) is 4. The summed E-state index contributed by atoms with van der Waals surface area (Å²) in [5.41, 5.74) is 1.71. The van der Waals surface area contributed by atoms with Gasteiger partial charge in [0, 0.05) is 0 Å². The third kappa shape index (κ3) is 15.8. The van der Waals surface area contributed by atoms with Crippen LogP contribution in [0.5, 0.6) is 0 Å². The monoisotopic (exact) mass is 513 g/mol. The average molecular weight is 514 g/mol. The maximum atomic E-state index is 10.1. The molecule has 0 saturated heterocycles. The quantitative estimate of drug-likeness (QED) is 0.420. The summed E-state index contributed by atoms with van der Waals surface area (Å²) in [5, 5.41) is 20.3. The molecule has 0 bridgehead atoms. The second-order valence-electron chi connectivity index (χ2n) is 3.26. The van der Waals surface area contributed by atoms with Gasteiger partial charge < -0.3 is 47.3 Å². The molecule has 0 fully saturated rings. The first-order valence-corrected chi connectivity index (χ1v) is 5.11. The van der Waals surface area contributed by atoms with Crippen LogP contribution >= 0.6 is 0 Å². The summed E-state index contributed by atoms with van der Waals surface area (Å²) >= 11 is 0. The van der Waals surface area contributed by atoms with Gasteiger partial charge in [-0.25, -0.2) is 0 Å². The van der Waals surface area contributed by atoms with Crippen LogP contribution in [0.1, 0.15) is 11.1 Å². The average Bonchev–Trinajstić information content (AvgIpc) is 2.41. The van der Waals surface area contributed by atoms with Gasteiger partial charge in [0.15, 0.2) is 0 Å². The van der Waals surface area contributed by atoms with E-state index >= 15 is 0 Å². The Kier molecular flexibility index (Phi) is 33.8. The first-order chi connectivity index (χ1) is 7.86. The van der Waals surface area contributed by atoms with Crippen molar-refractivity contribution in [1.29, 1.82) is 0 Å². The molecule has 0 unspecified atom stereocenters. The Labute approximate surface area is 153 Å². The van der Waals surface area contributed by atoms with E-state index in [2.05, 4.69) is 0 Å².